The highest BCUT2D eigenvalue weighted by molar-refractivity contribution is 5.65. The van der Waals surface area contributed by atoms with E-state index in [9.17, 15) is 0 Å². The maximum atomic E-state index is 5.39. The lowest BCUT2D eigenvalue weighted by Crippen LogP contribution is -2.08. The second-order valence-corrected chi connectivity index (χ2v) is 6.17. The third kappa shape index (κ3) is 4.30. The second-order valence-electron chi connectivity index (χ2n) is 6.17. The third-order valence-electron chi connectivity index (χ3n) is 4.29. The number of hydrogen-bond donors (Lipinski definition) is 2. The number of nitrogens with zero attached hydrogens (tertiary/aromatic N) is 2. The summed E-state index contributed by atoms with van der Waals surface area (Å²) < 4.78 is 5.39. The van der Waals surface area contributed by atoms with E-state index < -0.39 is 0 Å². The van der Waals surface area contributed by atoms with Gasteiger partial charge in [0.25, 0.3) is 0 Å². The Morgan fingerprint density at radius 1 is 0.923 bits per heavy atom. The van der Waals surface area contributed by atoms with Crippen LogP contribution >= 0.6 is 0 Å². The summed E-state index contributed by atoms with van der Waals surface area (Å²) in [6, 6.07) is 16.2. The number of nitrogens with one attached hydrogen (secondary N) is 2. The molecular weight excluding hydrogens is 324 g/mol. The molecule has 26 heavy (non-hydrogen) atoms. The SMILES string of the molecule is COc1ccccc1CCNc1cc(Nc2c(C)cccc2C)ncn1. The van der Waals surface area contributed by atoms with Crippen LogP contribution in [0.2, 0.25) is 0 Å². The number of methoxy groups -OCH3 is 1. The van der Waals surface area contributed by atoms with Gasteiger partial charge in [-0.15, -0.1) is 0 Å². The number of benzene rings is 2. The van der Waals surface area contributed by atoms with Gasteiger partial charge in [0.2, 0.25) is 0 Å². The molecule has 3 aromatic rings. The summed E-state index contributed by atoms with van der Waals surface area (Å²) in [5, 5.41) is 6.75. The number of anilines is 3. The molecule has 0 unspecified atom stereocenters. The molecule has 134 valence electrons. The fraction of sp³-hybridized carbons (Fsp3) is 0.238. The first-order valence-electron chi connectivity index (χ1n) is 8.68. The Hall–Kier alpha value is -3.08. The van der Waals surface area contributed by atoms with E-state index in [1.807, 2.05) is 24.3 Å². The van der Waals surface area contributed by atoms with Gasteiger partial charge >= 0.3 is 0 Å². The number of hydrogen-bond acceptors (Lipinski definition) is 5. The van der Waals surface area contributed by atoms with Crippen LogP contribution in [0.15, 0.2) is 54.9 Å². The molecule has 1 heterocycles. The van der Waals surface area contributed by atoms with E-state index in [1.54, 1.807) is 13.4 Å². The molecule has 0 radical (unpaired) electrons. The molecule has 0 fully saturated rings. The Morgan fingerprint density at radius 3 is 2.42 bits per heavy atom. The molecule has 0 atom stereocenters. The van der Waals surface area contributed by atoms with Crippen molar-refractivity contribution in [3.63, 3.8) is 0 Å². The number of para-hydroxylation sites is 2. The fourth-order valence-corrected chi connectivity index (χ4v) is 2.90. The fourth-order valence-electron chi connectivity index (χ4n) is 2.90. The lowest BCUT2D eigenvalue weighted by molar-refractivity contribution is 0.410. The first kappa shape index (κ1) is 17.7. The first-order valence-corrected chi connectivity index (χ1v) is 8.68. The zero-order chi connectivity index (χ0) is 18.4. The lowest BCUT2D eigenvalue weighted by atomic mass is 10.1. The molecule has 0 aliphatic rings. The molecule has 3 rings (SSSR count). The van der Waals surface area contributed by atoms with Gasteiger partial charge in [0, 0.05) is 18.3 Å². The molecule has 5 nitrogen and oxygen atoms in total. The molecule has 0 aliphatic heterocycles. The molecule has 0 saturated carbocycles. The molecule has 0 saturated heterocycles. The highest BCUT2D eigenvalue weighted by Gasteiger charge is 2.05. The van der Waals surface area contributed by atoms with Crippen molar-refractivity contribution in [3.8, 4) is 5.75 Å². The molecule has 2 N–H and O–H groups in total. The number of ether oxygens (including phenoxy) is 1. The number of rotatable bonds is 7. The van der Waals surface area contributed by atoms with Crippen molar-refractivity contribution in [3.05, 3.63) is 71.5 Å². The third-order valence-corrected chi connectivity index (χ3v) is 4.29. The minimum Gasteiger partial charge on any atom is -0.496 e. The van der Waals surface area contributed by atoms with E-state index in [0.717, 1.165) is 36.0 Å². The monoisotopic (exact) mass is 348 g/mol. The van der Waals surface area contributed by atoms with E-state index in [1.165, 1.54) is 16.7 Å². The van der Waals surface area contributed by atoms with E-state index in [4.69, 9.17) is 4.74 Å². The Morgan fingerprint density at radius 2 is 1.65 bits per heavy atom. The van der Waals surface area contributed by atoms with Gasteiger partial charge in [-0.25, -0.2) is 9.97 Å². The topological polar surface area (TPSA) is 59.1 Å². The standard InChI is InChI=1S/C21H24N4O/c1-15-7-6-8-16(2)21(15)25-20-13-19(23-14-24-20)22-12-11-17-9-4-5-10-18(17)26-3/h4-10,13-14H,11-12H2,1-3H3,(H2,22,23,24,25). The van der Waals surface area contributed by atoms with Crippen molar-refractivity contribution < 1.29 is 4.74 Å². The summed E-state index contributed by atoms with van der Waals surface area (Å²) in [5.74, 6) is 2.48. The molecule has 1 aromatic heterocycles. The van der Waals surface area contributed by atoms with Gasteiger partial charge in [-0.2, -0.15) is 0 Å². The van der Waals surface area contributed by atoms with Crippen molar-refractivity contribution in [2.75, 3.05) is 24.3 Å². The van der Waals surface area contributed by atoms with Crippen LogP contribution in [0.1, 0.15) is 16.7 Å². The Balaban J connectivity index is 1.64. The average molecular weight is 348 g/mol. The summed E-state index contributed by atoms with van der Waals surface area (Å²) in [4.78, 5) is 8.63. The van der Waals surface area contributed by atoms with Gasteiger partial charge in [0.15, 0.2) is 0 Å². The maximum absolute atomic E-state index is 5.39. The van der Waals surface area contributed by atoms with E-state index in [-0.39, 0.29) is 0 Å². The first-order chi connectivity index (χ1) is 12.7. The molecular formula is C21H24N4O. The number of aryl methyl sites for hydroxylation is 2. The summed E-state index contributed by atoms with van der Waals surface area (Å²) in [5.41, 5.74) is 4.64. The van der Waals surface area contributed by atoms with Crippen molar-refractivity contribution in [2.24, 2.45) is 0 Å². The van der Waals surface area contributed by atoms with Gasteiger partial charge in [-0.1, -0.05) is 36.4 Å². The molecule has 0 amide bonds. The van der Waals surface area contributed by atoms with Crippen molar-refractivity contribution in [1.82, 2.24) is 9.97 Å². The van der Waals surface area contributed by atoms with Crippen LogP contribution in [-0.4, -0.2) is 23.6 Å². The average Bonchev–Trinajstić information content (AvgIpc) is 2.66. The van der Waals surface area contributed by atoms with Crippen LogP contribution in [0.25, 0.3) is 0 Å². The van der Waals surface area contributed by atoms with Gasteiger partial charge in [0.05, 0.1) is 7.11 Å². The normalized spacial score (nSPS) is 10.4. The van der Waals surface area contributed by atoms with Gasteiger partial charge in [-0.3, -0.25) is 0 Å². The Bertz CT molecular complexity index is 859. The predicted octanol–water partition coefficient (Wildman–Crippen LogP) is 4.50. The van der Waals surface area contributed by atoms with E-state index >= 15 is 0 Å². The second kappa shape index (κ2) is 8.34. The summed E-state index contributed by atoms with van der Waals surface area (Å²) in [6.07, 6.45) is 2.43. The van der Waals surface area contributed by atoms with Crippen molar-refractivity contribution >= 4 is 17.3 Å². The molecule has 0 aliphatic carbocycles. The summed E-state index contributed by atoms with van der Waals surface area (Å²) in [7, 11) is 1.70. The van der Waals surface area contributed by atoms with Gasteiger partial charge in [-0.05, 0) is 43.0 Å². The van der Waals surface area contributed by atoms with Gasteiger partial charge in [0.1, 0.15) is 23.7 Å². The minimum absolute atomic E-state index is 0.764. The van der Waals surface area contributed by atoms with Crippen LogP contribution in [0, 0.1) is 13.8 Å². The Labute approximate surface area is 154 Å². The number of aromatic nitrogens is 2. The maximum Gasteiger partial charge on any atom is 0.135 e. The molecule has 2 aromatic carbocycles. The minimum atomic E-state index is 0.764. The zero-order valence-corrected chi connectivity index (χ0v) is 15.4. The molecule has 0 bridgehead atoms. The van der Waals surface area contributed by atoms with Crippen molar-refractivity contribution in [1.29, 1.82) is 0 Å². The smallest absolute Gasteiger partial charge is 0.135 e. The highest BCUT2D eigenvalue weighted by Crippen LogP contribution is 2.24. The van der Waals surface area contributed by atoms with Crippen LogP contribution < -0.4 is 15.4 Å². The van der Waals surface area contributed by atoms with Crippen LogP contribution in [-0.2, 0) is 6.42 Å². The Kier molecular flexibility index (Phi) is 5.69. The van der Waals surface area contributed by atoms with Crippen molar-refractivity contribution in [2.45, 2.75) is 20.3 Å². The summed E-state index contributed by atoms with van der Waals surface area (Å²) >= 11 is 0. The largest absolute Gasteiger partial charge is 0.496 e. The molecule has 0 spiro atoms. The predicted molar refractivity (Wildman–Crippen MR) is 106 cm³/mol. The van der Waals surface area contributed by atoms with Crippen LogP contribution in [0.5, 0.6) is 5.75 Å². The highest BCUT2D eigenvalue weighted by atomic mass is 16.5. The lowest BCUT2D eigenvalue weighted by Gasteiger charge is -2.13. The summed E-state index contributed by atoms with van der Waals surface area (Å²) in [6.45, 7) is 4.94. The van der Waals surface area contributed by atoms with Gasteiger partial charge < -0.3 is 15.4 Å². The van der Waals surface area contributed by atoms with Crippen LogP contribution in [0.3, 0.4) is 0 Å². The zero-order valence-electron chi connectivity index (χ0n) is 15.4. The molecule has 5 heteroatoms. The van der Waals surface area contributed by atoms with E-state index in [0.29, 0.717) is 0 Å². The van der Waals surface area contributed by atoms with Crippen LogP contribution in [0.4, 0.5) is 17.3 Å². The van der Waals surface area contributed by atoms with E-state index in [2.05, 4.69) is 58.7 Å². The quantitative estimate of drug-likeness (QED) is 0.658.